The van der Waals surface area contributed by atoms with Crippen LogP contribution in [0, 0.1) is 6.92 Å². The topological polar surface area (TPSA) is 38.5 Å². The zero-order valence-corrected chi connectivity index (χ0v) is 12.3. The number of benzene rings is 1. The Kier molecular flexibility index (Phi) is 4.49. The highest BCUT2D eigenvalue weighted by Crippen LogP contribution is 2.22. The number of aromatic nitrogens is 1. The first kappa shape index (κ1) is 15.1. The Morgan fingerprint density at radius 3 is 2.86 bits per heavy atom. The first-order valence-corrected chi connectivity index (χ1v) is 7.29. The number of alkyl halides is 2. The minimum atomic E-state index is -2.71. The molecule has 0 saturated carbocycles. The Hall–Kier alpha value is -1.79. The number of nitrogens with zero attached hydrogens (tertiary/aromatic N) is 2. The molecule has 0 spiro atoms. The van der Waals surface area contributed by atoms with Gasteiger partial charge in [0, 0.05) is 24.7 Å². The normalized spacial score (nSPS) is 19.2. The van der Waals surface area contributed by atoms with E-state index < -0.39 is 12.7 Å². The monoisotopic (exact) mass is 308 g/mol. The van der Waals surface area contributed by atoms with Gasteiger partial charge < -0.3 is 9.26 Å². The fraction of sp³-hybridized carbons (Fsp3) is 0.438. The molecular formula is C16H18F2N2O2. The molecule has 1 aromatic heterocycles. The van der Waals surface area contributed by atoms with Gasteiger partial charge in [0.25, 0.3) is 0 Å². The first-order chi connectivity index (χ1) is 10.6. The Bertz CT molecular complexity index is 613. The van der Waals surface area contributed by atoms with Crippen molar-refractivity contribution in [3.8, 4) is 11.3 Å². The van der Waals surface area contributed by atoms with E-state index in [-0.39, 0.29) is 0 Å². The number of likely N-dealkylation sites (tertiary alicyclic amines) is 1. The maximum Gasteiger partial charge on any atom is 0.345 e. The number of halogens is 2. The summed E-state index contributed by atoms with van der Waals surface area (Å²) < 4.78 is 34.3. The largest absolute Gasteiger partial charge is 0.359 e. The summed E-state index contributed by atoms with van der Waals surface area (Å²) >= 11 is 0. The van der Waals surface area contributed by atoms with E-state index >= 15 is 0 Å². The van der Waals surface area contributed by atoms with Crippen LogP contribution in [0.15, 0.2) is 34.9 Å². The van der Waals surface area contributed by atoms with Crippen LogP contribution >= 0.6 is 0 Å². The summed E-state index contributed by atoms with van der Waals surface area (Å²) in [5.41, 5.74) is 2.98. The molecule has 1 aromatic carbocycles. The van der Waals surface area contributed by atoms with E-state index in [2.05, 4.69) is 9.89 Å². The third-order valence-electron chi connectivity index (χ3n) is 3.81. The van der Waals surface area contributed by atoms with Crippen molar-refractivity contribution < 1.29 is 18.0 Å². The second-order valence-electron chi connectivity index (χ2n) is 5.59. The lowest BCUT2D eigenvalue weighted by Gasteiger charge is -2.13. The van der Waals surface area contributed by atoms with Crippen LogP contribution in [-0.2, 0) is 11.3 Å². The molecule has 1 fully saturated rings. The van der Waals surface area contributed by atoms with Gasteiger partial charge in [0.1, 0.15) is 5.69 Å². The Morgan fingerprint density at radius 2 is 2.14 bits per heavy atom. The first-order valence-electron chi connectivity index (χ1n) is 7.29. The number of ether oxygens (including phenoxy) is 1. The van der Waals surface area contributed by atoms with Crippen LogP contribution in [0.25, 0.3) is 11.3 Å². The van der Waals surface area contributed by atoms with Crippen molar-refractivity contribution in [2.75, 3.05) is 13.1 Å². The molecule has 4 nitrogen and oxygen atoms in total. The van der Waals surface area contributed by atoms with Gasteiger partial charge in [0.05, 0.1) is 12.6 Å². The lowest BCUT2D eigenvalue weighted by Crippen LogP contribution is -2.24. The summed E-state index contributed by atoms with van der Waals surface area (Å²) in [6, 6.07) is 9.94. The maximum absolute atomic E-state index is 12.2. The molecule has 0 unspecified atom stereocenters. The summed E-state index contributed by atoms with van der Waals surface area (Å²) in [6.45, 7) is 1.09. The van der Waals surface area contributed by atoms with Crippen molar-refractivity contribution in [2.45, 2.75) is 32.6 Å². The van der Waals surface area contributed by atoms with E-state index in [9.17, 15) is 8.78 Å². The predicted molar refractivity (Wildman–Crippen MR) is 77.4 cm³/mol. The molecule has 6 heteroatoms. The van der Waals surface area contributed by atoms with Crippen LogP contribution in [0.3, 0.4) is 0 Å². The summed E-state index contributed by atoms with van der Waals surface area (Å²) in [7, 11) is 0. The molecule has 1 atom stereocenters. The highest BCUT2D eigenvalue weighted by Gasteiger charge is 2.26. The third kappa shape index (κ3) is 3.69. The van der Waals surface area contributed by atoms with Crippen molar-refractivity contribution in [1.29, 1.82) is 0 Å². The second-order valence-corrected chi connectivity index (χ2v) is 5.59. The molecule has 0 N–H and O–H groups in total. The highest BCUT2D eigenvalue weighted by molar-refractivity contribution is 5.59. The number of hydrogen-bond donors (Lipinski definition) is 0. The van der Waals surface area contributed by atoms with E-state index in [1.807, 2.05) is 42.2 Å². The molecule has 3 rings (SSSR count). The van der Waals surface area contributed by atoms with Crippen molar-refractivity contribution >= 4 is 0 Å². The molecule has 0 aliphatic carbocycles. The van der Waals surface area contributed by atoms with Gasteiger partial charge in [-0.25, -0.2) is 0 Å². The van der Waals surface area contributed by atoms with Crippen LogP contribution in [-0.4, -0.2) is 35.9 Å². The van der Waals surface area contributed by atoms with Crippen molar-refractivity contribution in [3.05, 3.63) is 41.7 Å². The SMILES string of the molecule is Cc1ccc(-c2cc(CN3CC[C@H](OC(F)F)C3)on2)cc1. The Labute approximate surface area is 127 Å². The van der Waals surface area contributed by atoms with E-state index in [0.717, 1.165) is 23.6 Å². The van der Waals surface area contributed by atoms with Crippen LogP contribution in [0.4, 0.5) is 8.78 Å². The number of rotatable bonds is 5. The van der Waals surface area contributed by atoms with Crippen molar-refractivity contribution in [1.82, 2.24) is 10.1 Å². The van der Waals surface area contributed by atoms with Crippen molar-refractivity contribution in [3.63, 3.8) is 0 Å². The molecule has 0 bridgehead atoms. The van der Waals surface area contributed by atoms with Gasteiger partial charge in [-0.1, -0.05) is 35.0 Å². The van der Waals surface area contributed by atoms with Gasteiger partial charge in [0.15, 0.2) is 5.76 Å². The fourth-order valence-corrected chi connectivity index (χ4v) is 2.67. The van der Waals surface area contributed by atoms with E-state index in [1.165, 1.54) is 5.56 Å². The summed E-state index contributed by atoms with van der Waals surface area (Å²) in [5.74, 6) is 0.730. The zero-order chi connectivity index (χ0) is 15.5. The predicted octanol–water partition coefficient (Wildman–Crippen LogP) is 3.46. The van der Waals surface area contributed by atoms with Gasteiger partial charge >= 0.3 is 6.61 Å². The molecule has 0 amide bonds. The van der Waals surface area contributed by atoms with Crippen LogP contribution in [0.2, 0.25) is 0 Å². The molecule has 22 heavy (non-hydrogen) atoms. The molecule has 1 aliphatic heterocycles. The smallest absolute Gasteiger partial charge is 0.345 e. The molecule has 2 aromatic rings. The van der Waals surface area contributed by atoms with E-state index in [1.54, 1.807) is 0 Å². The highest BCUT2D eigenvalue weighted by atomic mass is 19.3. The van der Waals surface area contributed by atoms with Gasteiger partial charge in [-0.2, -0.15) is 8.78 Å². The van der Waals surface area contributed by atoms with Gasteiger partial charge in [0.2, 0.25) is 0 Å². The van der Waals surface area contributed by atoms with E-state index in [4.69, 9.17) is 4.52 Å². The average molecular weight is 308 g/mol. The van der Waals surface area contributed by atoms with Gasteiger partial charge in [-0.3, -0.25) is 4.90 Å². The minimum Gasteiger partial charge on any atom is -0.359 e. The van der Waals surface area contributed by atoms with Gasteiger partial charge in [-0.05, 0) is 13.3 Å². The number of hydrogen-bond acceptors (Lipinski definition) is 4. The second kappa shape index (κ2) is 6.54. The van der Waals surface area contributed by atoms with E-state index in [0.29, 0.717) is 19.5 Å². The van der Waals surface area contributed by atoms with Crippen LogP contribution in [0.5, 0.6) is 0 Å². The van der Waals surface area contributed by atoms with Crippen LogP contribution in [0.1, 0.15) is 17.7 Å². The maximum atomic E-state index is 12.2. The van der Waals surface area contributed by atoms with Crippen molar-refractivity contribution in [2.24, 2.45) is 0 Å². The quantitative estimate of drug-likeness (QED) is 0.848. The molecule has 118 valence electrons. The summed E-state index contributed by atoms with van der Waals surface area (Å²) in [5, 5.41) is 4.07. The molecule has 0 radical (unpaired) electrons. The number of aryl methyl sites for hydroxylation is 1. The summed E-state index contributed by atoms with van der Waals surface area (Å²) in [4.78, 5) is 2.03. The Morgan fingerprint density at radius 1 is 1.36 bits per heavy atom. The third-order valence-corrected chi connectivity index (χ3v) is 3.81. The summed E-state index contributed by atoms with van der Waals surface area (Å²) in [6.07, 6.45) is 0.211. The lowest BCUT2D eigenvalue weighted by molar-refractivity contribution is -0.158. The molecule has 1 saturated heterocycles. The molecule has 1 aliphatic rings. The average Bonchev–Trinajstić information content (AvgIpc) is 3.09. The minimum absolute atomic E-state index is 0.403. The fourth-order valence-electron chi connectivity index (χ4n) is 2.67. The van der Waals surface area contributed by atoms with Gasteiger partial charge in [-0.15, -0.1) is 0 Å². The van der Waals surface area contributed by atoms with Crippen LogP contribution < -0.4 is 0 Å². The standard InChI is InChI=1S/C16H18F2N2O2/c1-11-2-4-12(5-3-11)15-8-14(22-19-15)10-20-7-6-13(9-20)21-16(17)18/h2-5,8,13,16H,6-7,9-10H2,1H3/t13-/m0/s1. The molecular weight excluding hydrogens is 290 g/mol. The molecule has 2 heterocycles. The zero-order valence-electron chi connectivity index (χ0n) is 12.3. The lowest BCUT2D eigenvalue weighted by atomic mass is 10.1. The Balaban J connectivity index is 1.59.